The molecule has 1 unspecified atom stereocenters. The molecule has 1 aromatic rings. The average molecular weight is 401 g/mol. The zero-order chi connectivity index (χ0) is 19.4. The summed E-state index contributed by atoms with van der Waals surface area (Å²) in [6.45, 7) is 3.76. The van der Waals surface area contributed by atoms with E-state index in [1.165, 1.54) is 43.5 Å². The fourth-order valence-electron chi connectivity index (χ4n) is 3.88. The Labute approximate surface area is 162 Å². The van der Waals surface area contributed by atoms with Crippen molar-refractivity contribution in [3.8, 4) is 0 Å². The molecule has 7 heteroatoms. The first-order valence-electron chi connectivity index (χ1n) is 9.42. The van der Waals surface area contributed by atoms with Gasteiger partial charge in [-0.05, 0) is 62.5 Å². The Morgan fingerprint density at radius 1 is 1.15 bits per heavy atom. The van der Waals surface area contributed by atoms with E-state index in [1.807, 2.05) is 4.90 Å². The Morgan fingerprint density at radius 2 is 1.89 bits per heavy atom. The van der Waals surface area contributed by atoms with Crippen LogP contribution in [0.1, 0.15) is 43.2 Å². The zero-order valence-electron chi connectivity index (χ0n) is 15.1. The Morgan fingerprint density at radius 3 is 2.59 bits per heavy atom. The van der Waals surface area contributed by atoms with E-state index in [0.29, 0.717) is 12.1 Å². The van der Waals surface area contributed by atoms with Gasteiger partial charge in [-0.25, -0.2) is 0 Å². The van der Waals surface area contributed by atoms with Crippen molar-refractivity contribution in [2.75, 3.05) is 26.2 Å². The van der Waals surface area contributed by atoms with Crippen LogP contribution in [-0.2, 0) is 11.0 Å². The molecule has 0 radical (unpaired) electrons. The predicted molar refractivity (Wildman–Crippen MR) is 101 cm³/mol. The lowest BCUT2D eigenvalue weighted by Crippen LogP contribution is -2.44. The molecule has 2 aliphatic rings. The first kappa shape index (κ1) is 20.2. The lowest BCUT2D eigenvalue weighted by atomic mass is 10.1. The van der Waals surface area contributed by atoms with Crippen molar-refractivity contribution in [1.82, 2.24) is 9.80 Å². The number of carbonyl (C=O) groups excluding carboxylic acids is 1. The van der Waals surface area contributed by atoms with Crippen LogP contribution in [-0.4, -0.2) is 47.9 Å². The van der Waals surface area contributed by atoms with Gasteiger partial charge in [0.1, 0.15) is 0 Å². The second-order valence-electron chi connectivity index (χ2n) is 7.26. The van der Waals surface area contributed by atoms with Crippen molar-refractivity contribution in [2.45, 2.75) is 44.3 Å². The molecule has 148 valence electrons. The molecule has 0 saturated carbocycles. The second-order valence-corrected chi connectivity index (χ2v) is 7.67. The minimum absolute atomic E-state index is 0.141. The van der Waals surface area contributed by atoms with Crippen LogP contribution in [0.15, 0.2) is 24.3 Å². The summed E-state index contributed by atoms with van der Waals surface area (Å²) in [4.78, 5) is 16.9. The van der Waals surface area contributed by atoms with Crippen LogP contribution in [0.3, 0.4) is 0 Å². The molecule has 0 aromatic heterocycles. The van der Waals surface area contributed by atoms with Gasteiger partial charge in [0.05, 0.1) is 10.6 Å². The lowest BCUT2D eigenvalue weighted by molar-refractivity contribution is -0.137. The summed E-state index contributed by atoms with van der Waals surface area (Å²) >= 11 is 5.63. The minimum atomic E-state index is -4.51. The summed E-state index contributed by atoms with van der Waals surface area (Å²) in [6, 6.07) is 3.86. The topological polar surface area (TPSA) is 23.6 Å². The van der Waals surface area contributed by atoms with E-state index < -0.39 is 11.7 Å². The van der Waals surface area contributed by atoms with E-state index in [-0.39, 0.29) is 17.0 Å². The van der Waals surface area contributed by atoms with Crippen molar-refractivity contribution < 1.29 is 18.0 Å². The highest BCUT2D eigenvalue weighted by atomic mass is 35.5. The van der Waals surface area contributed by atoms with Gasteiger partial charge in [-0.3, -0.25) is 4.79 Å². The number of nitrogens with zero attached hydrogens (tertiary/aromatic N) is 2. The molecule has 2 saturated heterocycles. The van der Waals surface area contributed by atoms with Crippen molar-refractivity contribution in [3.05, 3.63) is 40.4 Å². The van der Waals surface area contributed by atoms with Crippen LogP contribution in [0.4, 0.5) is 13.2 Å². The van der Waals surface area contributed by atoms with Crippen LogP contribution in [0.25, 0.3) is 6.08 Å². The average Bonchev–Trinajstić information content (AvgIpc) is 3.09. The van der Waals surface area contributed by atoms with Crippen LogP contribution >= 0.6 is 11.6 Å². The molecule has 27 heavy (non-hydrogen) atoms. The molecule has 2 aliphatic heterocycles. The van der Waals surface area contributed by atoms with Crippen molar-refractivity contribution >= 4 is 23.6 Å². The van der Waals surface area contributed by atoms with Gasteiger partial charge in [-0.2, -0.15) is 13.2 Å². The number of rotatable bonds is 4. The monoisotopic (exact) mass is 400 g/mol. The Kier molecular flexibility index (Phi) is 6.48. The van der Waals surface area contributed by atoms with Gasteiger partial charge in [0.25, 0.3) is 0 Å². The Hall–Kier alpha value is -1.53. The SMILES string of the molecule is O=C(/C=C/c1ccc(Cl)c(C(F)(F)F)c1)N1CCCC1CN1CCCCC1. The zero-order valence-corrected chi connectivity index (χ0v) is 15.9. The van der Waals surface area contributed by atoms with E-state index in [0.717, 1.165) is 38.5 Å². The largest absolute Gasteiger partial charge is 0.417 e. The molecule has 3 rings (SSSR count). The summed E-state index contributed by atoms with van der Waals surface area (Å²) in [6.07, 6.45) is 3.93. The van der Waals surface area contributed by atoms with Crippen molar-refractivity contribution in [3.63, 3.8) is 0 Å². The highest BCUT2D eigenvalue weighted by Gasteiger charge is 2.33. The first-order chi connectivity index (χ1) is 12.8. The van der Waals surface area contributed by atoms with Crippen molar-refractivity contribution in [1.29, 1.82) is 0 Å². The van der Waals surface area contributed by atoms with Crippen LogP contribution in [0.2, 0.25) is 5.02 Å². The van der Waals surface area contributed by atoms with E-state index in [1.54, 1.807) is 0 Å². The molecule has 1 atom stereocenters. The molecular weight excluding hydrogens is 377 g/mol. The molecular formula is C20H24ClF3N2O. The van der Waals surface area contributed by atoms with Crippen LogP contribution in [0, 0.1) is 0 Å². The number of alkyl halides is 3. The number of amides is 1. The number of hydrogen-bond acceptors (Lipinski definition) is 2. The third kappa shape index (κ3) is 5.26. The second kappa shape index (κ2) is 8.65. The maximum atomic E-state index is 13.0. The van der Waals surface area contributed by atoms with Crippen molar-refractivity contribution in [2.24, 2.45) is 0 Å². The number of piperidine rings is 1. The summed E-state index contributed by atoms with van der Waals surface area (Å²) in [7, 11) is 0. The first-order valence-corrected chi connectivity index (χ1v) is 9.80. The molecule has 0 bridgehead atoms. The van der Waals surface area contributed by atoms with Crippen LogP contribution < -0.4 is 0 Å². The Bertz CT molecular complexity index is 699. The fourth-order valence-corrected chi connectivity index (χ4v) is 4.11. The fraction of sp³-hybridized carbons (Fsp3) is 0.550. The van der Waals surface area contributed by atoms with E-state index in [4.69, 9.17) is 11.6 Å². The summed E-state index contributed by atoms with van der Waals surface area (Å²) in [5.74, 6) is -0.141. The summed E-state index contributed by atoms with van der Waals surface area (Å²) < 4.78 is 38.9. The summed E-state index contributed by atoms with van der Waals surface area (Å²) in [5.41, 5.74) is -0.574. The number of hydrogen-bond donors (Lipinski definition) is 0. The molecule has 0 N–H and O–H groups in total. The molecule has 1 amide bonds. The normalized spacial score (nSPS) is 21.9. The number of likely N-dealkylation sites (tertiary alicyclic amines) is 2. The quantitative estimate of drug-likeness (QED) is 0.674. The third-order valence-corrected chi connectivity index (χ3v) is 5.62. The Balaban J connectivity index is 1.65. The van der Waals surface area contributed by atoms with Gasteiger partial charge in [0, 0.05) is 25.2 Å². The highest BCUT2D eigenvalue weighted by molar-refractivity contribution is 6.31. The van der Waals surface area contributed by atoms with E-state index in [2.05, 4.69) is 4.90 Å². The molecule has 0 spiro atoms. The number of benzene rings is 1. The standard InChI is InChI=1S/C20H24ClF3N2O/c21-18-8-6-15(13-17(18)20(22,23)24)7-9-19(27)26-12-4-5-16(26)14-25-10-2-1-3-11-25/h6-9,13,16H,1-5,10-12,14H2/b9-7+. The van der Waals surface area contributed by atoms with Gasteiger partial charge in [-0.15, -0.1) is 0 Å². The third-order valence-electron chi connectivity index (χ3n) is 5.29. The van der Waals surface area contributed by atoms with Gasteiger partial charge in [-0.1, -0.05) is 24.1 Å². The smallest absolute Gasteiger partial charge is 0.335 e. The number of carbonyl (C=O) groups is 1. The van der Waals surface area contributed by atoms with Gasteiger partial charge in [0.15, 0.2) is 0 Å². The minimum Gasteiger partial charge on any atom is -0.335 e. The van der Waals surface area contributed by atoms with E-state index in [9.17, 15) is 18.0 Å². The maximum absolute atomic E-state index is 13.0. The molecule has 1 aromatic carbocycles. The highest BCUT2D eigenvalue weighted by Crippen LogP contribution is 2.35. The molecule has 2 fully saturated rings. The lowest BCUT2D eigenvalue weighted by Gasteiger charge is -2.32. The molecule has 2 heterocycles. The van der Waals surface area contributed by atoms with Gasteiger partial charge in [0.2, 0.25) is 5.91 Å². The van der Waals surface area contributed by atoms with Gasteiger partial charge >= 0.3 is 6.18 Å². The predicted octanol–water partition coefficient (Wildman–Crippen LogP) is 4.85. The van der Waals surface area contributed by atoms with E-state index >= 15 is 0 Å². The molecule has 0 aliphatic carbocycles. The van der Waals surface area contributed by atoms with Crippen LogP contribution in [0.5, 0.6) is 0 Å². The number of halogens is 4. The maximum Gasteiger partial charge on any atom is 0.417 e. The summed E-state index contributed by atoms with van der Waals surface area (Å²) in [5, 5.41) is -0.341. The molecule has 3 nitrogen and oxygen atoms in total. The van der Waals surface area contributed by atoms with Gasteiger partial charge < -0.3 is 9.80 Å².